The molecule has 3 amide bonds. The fourth-order valence-corrected chi connectivity index (χ4v) is 5.00. The molecule has 190 valence electrons. The zero-order valence-electron chi connectivity index (χ0n) is 20.6. The summed E-state index contributed by atoms with van der Waals surface area (Å²) in [6, 6.07) is 14.2. The molecule has 3 aromatic rings. The van der Waals surface area contributed by atoms with Gasteiger partial charge in [-0.1, -0.05) is 30.7 Å². The predicted octanol–water partition coefficient (Wildman–Crippen LogP) is 6.30. The number of hydrogen-bond donors (Lipinski definition) is 1. The Balaban J connectivity index is 1.54. The zero-order chi connectivity index (χ0) is 25.7. The van der Waals surface area contributed by atoms with Crippen molar-refractivity contribution >= 4 is 40.6 Å². The third-order valence-corrected chi connectivity index (χ3v) is 7.47. The van der Waals surface area contributed by atoms with E-state index in [1.165, 1.54) is 0 Å². The number of ether oxygens (including phenoxy) is 2. The first-order chi connectivity index (χ1) is 17.3. The molecule has 36 heavy (non-hydrogen) atoms. The average Bonchev–Trinajstić information content (AvgIpc) is 3.49. The number of nitrogens with one attached hydrogen (secondary N) is 1. The standard InChI is InChI=1S/C27H30ClN3O4S/c1-4-19(3)31(27(33)29-22-7-5-6-21(28)13-22)16-26(32)30(15-25-18(2)10-11-36-25)14-20-8-9-23-24(12-20)35-17-34-23/h5-13,19H,4,14-17H2,1-3H3,(H,29,33). The number of halogens is 1. The Kier molecular flexibility index (Phi) is 8.38. The van der Waals surface area contributed by atoms with Gasteiger partial charge in [-0.2, -0.15) is 0 Å². The third-order valence-electron chi connectivity index (χ3n) is 6.23. The van der Waals surface area contributed by atoms with Crippen LogP contribution >= 0.6 is 22.9 Å². The van der Waals surface area contributed by atoms with Crippen molar-refractivity contribution in [2.75, 3.05) is 18.7 Å². The number of carbonyl (C=O) groups is 2. The lowest BCUT2D eigenvalue weighted by Gasteiger charge is -2.31. The van der Waals surface area contributed by atoms with Crippen LogP contribution in [0, 0.1) is 6.92 Å². The molecule has 9 heteroatoms. The van der Waals surface area contributed by atoms with E-state index in [4.69, 9.17) is 21.1 Å². The molecule has 7 nitrogen and oxygen atoms in total. The first kappa shape index (κ1) is 25.9. The lowest BCUT2D eigenvalue weighted by atomic mass is 10.1. The maximum Gasteiger partial charge on any atom is 0.322 e. The van der Waals surface area contributed by atoms with Crippen LogP contribution in [0.3, 0.4) is 0 Å². The van der Waals surface area contributed by atoms with Gasteiger partial charge in [0, 0.05) is 28.2 Å². The molecule has 2 aromatic carbocycles. The van der Waals surface area contributed by atoms with Crippen LogP contribution in [0.4, 0.5) is 10.5 Å². The molecule has 0 radical (unpaired) electrons. The summed E-state index contributed by atoms with van der Waals surface area (Å²) in [6.07, 6.45) is 0.711. The Hall–Kier alpha value is -3.23. The third kappa shape index (κ3) is 6.30. The zero-order valence-corrected chi connectivity index (χ0v) is 22.2. The summed E-state index contributed by atoms with van der Waals surface area (Å²) >= 11 is 7.70. The van der Waals surface area contributed by atoms with Gasteiger partial charge in [-0.25, -0.2) is 4.79 Å². The Labute approximate surface area is 220 Å². The van der Waals surface area contributed by atoms with E-state index in [0.29, 0.717) is 41.7 Å². The normalized spacial score (nSPS) is 12.8. The second-order valence-corrected chi connectivity index (χ2v) is 10.2. The topological polar surface area (TPSA) is 71.1 Å². The summed E-state index contributed by atoms with van der Waals surface area (Å²) in [5.74, 6) is 1.24. The summed E-state index contributed by atoms with van der Waals surface area (Å²) in [6.45, 7) is 6.97. The molecule has 1 aromatic heterocycles. The number of thiophene rings is 1. The summed E-state index contributed by atoms with van der Waals surface area (Å²) in [5, 5.41) is 5.43. The number of amides is 3. The fourth-order valence-electron chi connectivity index (χ4n) is 3.89. The van der Waals surface area contributed by atoms with Crippen molar-refractivity contribution in [2.45, 2.75) is 46.3 Å². The van der Waals surface area contributed by atoms with Crippen LogP contribution in [0.15, 0.2) is 53.9 Å². The molecule has 1 aliphatic rings. The summed E-state index contributed by atoms with van der Waals surface area (Å²) < 4.78 is 10.9. The number of nitrogens with zero attached hydrogens (tertiary/aromatic N) is 2. The molecule has 4 rings (SSSR count). The van der Waals surface area contributed by atoms with Gasteiger partial charge in [0.1, 0.15) is 6.54 Å². The lowest BCUT2D eigenvalue weighted by molar-refractivity contribution is -0.133. The van der Waals surface area contributed by atoms with E-state index in [1.807, 2.05) is 50.4 Å². The van der Waals surface area contributed by atoms with Gasteiger partial charge in [0.15, 0.2) is 11.5 Å². The van der Waals surface area contributed by atoms with Crippen molar-refractivity contribution in [2.24, 2.45) is 0 Å². The number of carbonyl (C=O) groups excluding carboxylic acids is 2. The van der Waals surface area contributed by atoms with Gasteiger partial charge in [-0.3, -0.25) is 4.79 Å². The van der Waals surface area contributed by atoms with Crippen LogP contribution < -0.4 is 14.8 Å². The first-order valence-electron chi connectivity index (χ1n) is 11.9. The van der Waals surface area contributed by atoms with Crippen LogP contribution in [0.5, 0.6) is 11.5 Å². The number of benzene rings is 2. The fraction of sp³-hybridized carbons (Fsp3) is 0.333. The van der Waals surface area contributed by atoms with E-state index in [-0.39, 0.29) is 31.3 Å². The van der Waals surface area contributed by atoms with Crippen molar-refractivity contribution in [3.8, 4) is 11.5 Å². The molecule has 0 spiro atoms. The Morgan fingerprint density at radius 1 is 1.11 bits per heavy atom. The molecule has 0 saturated carbocycles. The highest BCUT2D eigenvalue weighted by atomic mass is 35.5. The second-order valence-electron chi connectivity index (χ2n) is 8.79. The minimum Gasteiger partial charge on any atom is -0.454 e. The minimum absolute atomic E-state index is 0.0453. The number of rotatable bonds is 9. The Bertz CT molecular complexity index is 1230. The number of aryl methyl sites for hydroxylation is 1. The molecule has 1 unspecified atom stereocenters. The van der Waals surface area contributed by atoms with Crippen molar-refractivity contribution < 1.29 is 19.1 Å². The van der Waals surface area contributed by atoms with E-state index in [1.54, 1.807) is 45.4 Å². The van der Waals surface area contributed by atoms with Crippen molar-refractivity contribution in [1.82, 2.24) is 9.80 Å². The van der Waals surface area contributed by atoms with E-state index < -0.39 is 0 Å². The number of hydrogen-bond acceptors (Lipinski definition) is 5. The Morgan fingerprint density at radius 2 is 1.92 bits per heavy atom. The van der Waals surface area contributed by atoms with Crippen molar-refractivity contribution in [3.63, 3.8) is 0 Å². The molecule has 0 saturated heterocycles. The van der Waals surface area contributed by atoms with E-state index >= 15 is 0 Å². The quantitative estimate of drug-likeness (QED) is 0.354. The van der Waals surface area contributed by atoms with E-state index in [0.717, 1.165) is 16.0 Å². The SMILES string of the molecule is CCC(C)N(CC(=O)N(Cc1ccc2c(c1)OCO2)Cc1sccc1C)C(=O)Nc1cccc(Cl)c1. The van der Waals surface area contributed by atoms with Gasteiger partial charge in [-0.15, -0.1) is 11.3 Å². The molecular formula is C27H30ClN3O4S. The molecule has 1 atom stereocenters. The maximum atomic E-state index is 13.7. The molecule has 1 aliphatic heterocycles. The number of fused-ring (bicyclic) bond motifs is 1. The van der Waals surface area contributed by atoms with Crippen LogP contribution in [-0.2, 0) is 17.9 Å². The predicted molar refractivity (Wildman–Crippen MR) is 143 cm³/mol. The average molecular weight is 528 g/mol. The number of urea groups is 1. The molecular weight excluding hydrogens is 498 g/mol. The smallest absolute Gasteiger partial charge is 0.322 e. The van der Waals surface area contributed by atoms with Crippen molar-refractivity contribution in [1.29, 1.82) is 0 Å². The minimum atomic E-state index is -0.338. The van der Waals surface area contributed by atoms with Crippen LogP contribution in [0.2, 0.25) is 5.02 Å². The highest BCUT2D eigenvalue weighted by Crippen LogP contribution is 2.33. The number of anilines is 1. The first-order valence-corrected chi connectivity index (χ1v) is 13.1. The molecule has 1 N–H and O–H groups in total. The van der Waals surface area contributed by atoms with E-state index in [9.17, 15) is 9.59 Å². The van der Waals surface area contributed by atoms with Crippen LogP contribution in [0.25, 0.3) is 0 Å². The highest BCUT2D eigenvalue weighted by Gasteiger charge is 2.26. The molecule has 0 bridgehead atoms. The maximum absolute atomic E-state index is 13.7. The van der Waals surface area contributed by atoms with Gasteiger partial charge >= 0.3 is 6.03 Å². The Morgan fingerprint density at radius 3 is 2.64 bits per heavy atom. The summed E-state index contributed by atoms with van der Waals surface area (Å²) in [5.41, 5.74) is 2.65. The highest BCUT2D eigenvalue weighted by molar-refractivity contribution is 7.10. The van der Waals surface area contributed by atoms with Crippen molar-refractivity contribution in [3.05, 3.63) is 74.9 Å². The largest absolute Gasteiger partial charge is 0.454 e. The summed E-state index contributed by atoms with van der Waals surface area (Å²) in [4.78, 5) is 31.4. The van der Waals surface area contributed by atoms with Gasteiger partial charge in [0.2, 0.25) is 12.7 Å². The van der Waals surface area contributed by atoms with Gasteiger partial charge < -0.3 is 24.6 Å². The second kappa shape index (κ2) is 11.7. The van der Waals surface area contributed by atoms with Gasteiger partial charge in [-0.05, 0) is 73.2 Å². The molecule has 0 aliphatic carbocycles. The van der Waals surface area contributed by atoms with Crippen LogP contribution in [0.1, 0.15) is 36.3 Å². The van der Waals surface area contributed by atoms with E-state index in [2.05, 4.69) is 5.32 Å². The van der Waals surface area contributed by atoms with Crippen LogP contribution in [-0.4, -0.2) is 41.1 Å². The molecule has 2 heterocycles. The summed E-state index contributed by atoms with van der Waals surface area (Å²) in [7, 11) is 0. The van der Waals surface area contributed by atoms with Gasteiger partial charge in [0.05, 0.1) is 6.54 Å². The molecule has 0 fully saturated rings. The van der Waals surface area contributed by atoms with Gasteiger partial charge in [0.25, 0.3) is 0 Å². The monoisotopic (exact) mass is 527 g/mol. The lowest BCUT2D eigenvalue weighted by Crippen LogP contribution is -2.47.